The van der Waals surface area contributed by atoms with Crippen LogP contribution in [0, 0.1) is 11.3 Å². The Labute approximate surface area is 218 Å². The molecular weight excluding hydrogens is 499 g/mol. The van der Waals surface area contributed by atoms with Crippen molar-refractivity contribution >= 4 is 11.6 Å². The van der Waals surface area contributed by atoms with Crippen LogP contribution in [0.5, 0.6) is 11.6 Å². The molecule has 0 aliphatic carbocycles. The van der Waals surface area contributed by atoms with Gasteiger partial charge in [-0.05, 0) is 60.4 Å². The molecule has 2 aromatic carbocycles. The van der Waals surface area contributed by atoms with Gasteiger partial charge in [-0.2, -0.15) is 10.4 Å². The first-order chi connectivity index (χ1) is 18.2. The maximum absolute atomic E-state index is 12.5. The highest BCUT2D eigenvalue weighted by molar-refractivity contribution is 5.73. The number of anilines is 1. The van der Waals surface area contributed by atoms with E-state index in [-0.39, 0.29) is 24.0 Å². The summed E-state index contributed by atoms with van der Waals surface area (Å²) in [6.45, 7) is 4.59. The van der Waals surface area contributed by atoms with Crippen LogP contribution in [-0.4, -0.2) is 53.5 Å². The van der Waals surface area contributed by atoms with Crippen LogP contribution in [0.3, 0.4) is 0 Å². The Kier molecular flexibility index (Phi) is 8.31. The summed E-state index contributed by atoms with van der Waals surface area (Å²) in [6, 6.07) is 17.2. The highest BCUT2D eigenvalue weighted by atomic mass is 19.4. The van der Waals surface area contributed by atoms with Crippen LogP contribution in [0.2, 0.25) is 0 Å². The molecule has 1 amide bonds. The molecule has 3 aromatic rings. The molecule has 8 nitrogen and oxygen atoms in total. The number of hydrogen-bond acceptors (Lipinski definition) is 7. The number of benzene rings is 2. The highest BCUT2D eigenvalue weighted by Crippen LogP contribution is 2.25. The van der Waals surface area contributed by atoms with Crippen molar-refractivity contribution in [3.63, 3.8) is 0 Å². The molecule has 0 atom stereocenters. The van der Waals surface area contributed by atoms with E-state index in [1.165, 1.54) is 6.07 Å². The van der Waals surface area contributed by atoms with E-state index in [2.05, 4.69) is 44.1 Å². The summed E-state index contributed by atoms with van der Waals surface area (Å²) in [4.78, 5) is 15.6. The third-order valence-corrected chi connectivity index (χ3v) is 6.11. The largest absolute Gasteiger partial charge is 0.573 e. The number of nitrogens with zero attached hydrogens (tertiary/aromatic N) is 5. The van der Waals surface area contributed by atoms with Gasteiger partial charge in [0.25, 0.3) is 0 Å². The fourth-order valence-electron chi connectivity index (χ4n) is 4.14. The lowest BCUT2D eigenvalue weighted by molar-refractivity contribution is -0.274. The first-order valence-corrected chi connectivity index (χ1v) is 12.0. The first-order valence-electron chi connectivity index (χ1n) is 12.0. The number of hydrogen-bond donors (Lipinski definition) is 0. The van der Waals surface area contributed by atoms with Crippen LogP contribution >= 0.6 is 0 Å². The van der Waals surface area contributed by atoms with Crippen molar-refractivity contribution in [3.8, 4) is 17.7 Å². The van der Waals surface area contributed by atoms with Gasteiger partial charge in [-0.1, -0.05) is 12.1 Å². The van der Waals surface area contributed by atoms with E-state index in [0.717, 1.165) is 61.7 Å². The van der Waals surface area contributed by atoms with Gasteiger partial charge in [-0.3, -0.25) is 4.79 Å². The van der Waals surface area contributed by atoms with Crippen LogP contribution in [0.1, 0.15) is 29.3 Å². The smallest absolute Gasteiger partial charge is 0.472 e. The Bertz CT molecular complexity index is 1280. The number of halogens is 3. The summed E-state index contributed by atoms with van der Waals surface area (Å²) in [5, 5.41) is 17.3. The lowest BCUT2D eigenvalue weighted by atomic mass is 10.1. The minimum absolute atomic E-state index is 0.0235. The number of alkyl halides is 3. The van der Waals surface area contributed by atoms with Gasteiger partial charge >= 0.3 is 6.36 Å². The minimum Gasteiger partial charge on any atom is -0.472 e. The van der Waals surface area contributed by atoms with Gasteiger partial charge in [0.2, 0.25) is 11.8 Å². The van der Waals surface area contributed by atoms with Gasteiger partial charge in [0.05, 0.1) is 17.3 Å². The average molecular weight is 526 g/mol. The molecule has 1 aliphatic rings. The van der Waals surface area contributed by atoms with Crippen molar-refractivity contribution in [3.05, 3.63) is 77.0 Å². The normalized spacial score (nSPS) is 13.7. The zero-order valence-corrected chi connectivity index (χ0v) is 20.7. The summed E-state index contributed by atoms with van der Waals surface area (Å²) in [6.07, 6.45) is -3.41. The SMILES string of the molecule is CC(=O)N1CCN(c2ccc(CCc3ccc(OCc4cc(C#N)cc(OC(F)(F)F)c4)nn3)cc2)CC1. The number of ether oxygens (including phenoxy) is 2. The standard InChI is InChI=1S/C27H26F3N5O3/c1-19(36)34-10-12-35(13-11-34)24-7-3-20(4-8-24)2-5-23-6-9-26(33-32-23)37-18-22-14-21(17-31)15-25(16-22)38-27(28,29)30/h3-4,6-9,14-16H,2,5,10-13,18H2,1H3. The third kappa shape index (κ3) is 7.59. The van der Waals surface area contributed by atoms with E-state index in [4.69, 9.17) is 10.00 Å². The molecule has 1 aliphatic heterocycles. The second-order valence-corrected chi connectivity index (χ2v) is 8.84. The summed E-state index contributed by atoms with van der Waals surface area (Å²) < 4.78 is 47.0. The third-order valence-electron chi connectivity index (χ3n) is 6.11. The molecule has 1 fully saturated rings. The van der Waals surface area contributed by atoms with Crippen LogP contribution in [0.15, 0.2) is 54.6 Å². The van der Waals surface area contributed by atoms with Crippen molar-refractivity contribution in [2.24, 2.45) is 0 Å². The summed E-state index contributed by atoms with van der Waals surface area (Å²) in [7, 11) is 0. The quantitative estimate of drug-likeness (QED) is 0.434. The number of carbonyl (C=O) groups excluding carboxylic acids is 1. The molecule has 0 N–H and O–H groups in total. The van der Waals surface area contributed by atoms with Crippen LogP contribution < -0.4 is 14.4 Å². The fourth-order valence-corrected chi connectivity index (χ4v) is 4.14. The molecule has 38 heavy (non-hydrogen) atoms. The molecule has 2 heterocycles. The van der Waals surface area contributed by atoms with Gasteiger partial charge in [0.1, 0.15) is 12.4 Å². The number of aromatic nitrogens is 2. The Morgan fingerprint density at radius 3 is 2.32 bits per heavy atom. The number of aryl methyl sites for hydroxylation is 2. The molecule has 0 unspecified atom stereocenters. The molecule has 0 radical (unpaired) electrons. The van der Waals surface area contributed by atoms with Gasteiger partial charge in [0.15, 0.2) is 0 Å². The van der Waals surface area contributed by atoms with Crippen LogP contribution in [-0.2, 0) is 24.2 Å². The fraction of sp³-hybridized carbons (Fsp3) is 0.333. The zero-order valence-electron chi connectivity index (χ0n) is 20.7. The monoisotopic (exact) mass is 525 g/mol. The van der Waals surface area contributed by atoms with Gasteiger partial charge in [0, 0.05) is 44.9 Å². The minimum atomic E-state index is -4.86. The van der Waals surface area contributed by atoms with E-state index in [9.17, 15) is 18.0 Å². The Morgan fingerprint density at radius 2 is 1.71 bits per heavy atom. The molecular formula is C27H26F3N5O3. The lowest BCUT2D eigenvalue weighted by Crippen LogP contribution is -2.48. The van der Waals surface area contributed by atoms with Crippen molar-refractivity contribution in [2.45, 2.75) is 32.7 Å². The molecule has 0 bridgehead atoms. The number of carbonyl (C=O) groups is 1. The molecule has 0 saturated carbocycles. The predicted molar refractivity (Wildman–Crippen MR) is 133 cm³/mol. The van der Waals surface area contributed by atoms with Crippen molar-refractivity contribution in [2.75, 3.05) is 31.1 Å². The average Bonchev–Trinajstić information content (AvgIpc) is 2.90. The van der Waals surface area contributed by atoms with E-state index in [0.29, 0.717) is 12.0 Å². The van der Waals surface area contributed by atoms with E-state index < -0.39 is 12.1 Å². The Morgan fingerprint density at radius 1 is 0.974 bits per heavy atom. The van der Waals surface area contributed by atoms with E-state index in [1.54, 1.807) is 25.1 Å². The van der Waals surface area contributed by atoms with Gasteiger partial charge < -0.3 is 19.3 Å². The molecule has 4 rings (SSSR count). The summed E-state index contributed by atoms with van der Waals surface area (Å²) in [5.74, 6) is -0.162. The molecule has 198 valence electrons. The van der Waals surface area contributed by atoms with Gasteiger partial charge in [-0.15, -0.1) is 18.3 Å². The number of piperazine rings is 1. The van der Waals surface area contributed by atoms with Crippen molar-refractivity contribution < 1.29 is 27.4 Å². The number of nitriles is 1. The van der Waals surface area contributed by atoms with Crippen molar-refractivity contribution in [1.29, 1.82) is 5.26 Å². The topological polar surface area (TPSA) is 91.6 Å². The van der Waals surface area contributed by atoms with Crippen molar-refractivity contribution in [1.82, 2.24) is 15.1 Å². The lowest BCUT2D eigenvalue weighted by Gasteiger charge is -2.35. The second kappa shape index (κ2) is 11.8. The summed E-state index contributed by atoms with van der Waals surface area (Å²) >= 11 is 0. The molecule has 11 heteroatoms. The molecule has 0 spiro atoms. The maximum atomic E-state index is 12.5. The van der Waals surface area contributed by atoms with Crippen LogP contribution in [0.4, 0.5) is 18.9 Å². The van der Waals surface area contributed by atoms with Crippen LogP contribution in [0.25, 0.3) is 0 Å². The molecule has 1 saturated heterocycles. The zero-order chi connectivity index (χ0) is 27.1. The summed E-state index contributed by atoms with van der Waals surface area (Å²) in [5.41, 5.74) is 3.42. The van der Waals surface area contributed by atoms with E-state index in [1.807, 2.05) is 4.90 Å². The number of amides is 1. The maximum Gasteiger partial charge on any atom is 0.573 e. The first kappa shape index (κ1) is 26.7. The van der Waals surface area contributed by atoms with Gasteiger partial charge in [-0.25, -0.2) is 0 Å². The Balaban J connectivity index is 1.27. The number of rotatable bonds is 8. The Hall–Kier alpha value is -4.33. The predicted octanol–water partition coefficient (Wildman–Crippen LogP) is 4.28. The molecule has 1 aromatic heterocycles. The van der Waals surface area contributed by atoms with E-state index >= 15 is 0 Å². The second-order valence-electron chi connectivity index (χ2n) is 8.84. The highest BCUT2D eigenvalue weighted by Gasteiger charge is 2.31.